The SMILES string of the molecule is CCOC(=O)c1c2[nH]c3ccccc3c2c(C(=O)c2ccc([N+](=O)[O-])cc2)c2c1[nH]c1ccccc12. The van der Waals surface area contributed by atoms with Crippen LogP contribution in [0.3, 0.4) is 0 Å². The Morgan fingerprint density at radius 3 is 1.83 bits per heavy atom. The van der Waals surface area contributed by atoms with E-state index in [9.17, 15) is 19.7 Å². The summed E-state index contributed by atoms with van der Waals surface area (Å²) in [6.07, 6.45) is 0. The van der Waals surface area contributed by atoms with Gasteiger partial charge in [-0.05, 0) is 31.2 Å². The number of nitro groups is 1. The van der Waals surface area contributed by atoms with Gasteiger partial charge in [0, 0.05) is 55.8 Å². The first-order chi connectivity index (χ1) is 17.5. The van der Waals surface area contributed by atoms with Gasteiger partial charge in [-0.25, -0.2) is 4.79 Å². The van der Waals surface area contributed by atoms with Gasteiger partial charge in [-0.1, -0.05) is 36.4 Å². The van der Waals surface area contributed by atoms with Crippen LogP contribution in [-0.2, 0) is 4.74 Å². The molecule has 2 aromatic heterocycles. The molecule has 0 aliphatic rings. The number of nitrogens with one attached hydrogen (secondary N) is 2. The molecule has 8 heteroatoms. The molecule has 36 heavy (non-hydrogen) atoms. The highest BCUT2D eigenvalue weighted by atomic mass is 16.6. The number of para-hydroxylation sites is 2. The fraction of sp³-hybridized carbons (Fsp3) is 0.0714. The van der Waals surface area contributed by atoms with Crippen LogP contribution in [-0.4, -0.2) is 33.3 Å². The van der Waals surface area contributed by atoms with E-state index < -0.39 is 10.9 Å². The number of ketones is 1. The zero-order chi connectivity index (χ0) is 25.0. The van der Waals surface area contributed by atoms with Crippen LogP contribution in [0.2, 0.25) is 0 Å². The Morgan fingerprint density at radius 1 is 0.806 bits per heavy atom. The van der Waals surface area contributed by atoms with Crippen LogP contribution in [0.25, 0.3) is 43.6 Å². The lowest BCUT2D eigenvalue weighted by Gasteiger charge is -2.11. The summed E-state index contributed by atoms with van der Waals surface area (Å²) in [5.74, 6) is -0.801. The molecule has 0 amide bonds. The highest BCUT2D eigenvalue weighted by molar-refractivity contribution is 6.36. The zero-order valence-electron chi connectivity index (χ0n) is 19.1. The standard InChI is InChI=1S/C28H19N3O5/c1-2-36-28(33)24-25-21(17-7-3-5-9-19(17)29-25)23(22-18-8-4-6-10-20(18)30-26(22)24)27(32)15-11-13-16(14-12-15)31(34)35/h3-14,29-30H,2H2,1H3. The average molecular weight is 477 g/mol. The largest absolute Gasteiger partial charge is 0.462 e. The minimum Gasteiger partial charge on any atom is -0.462 e. The number of hydrogen-bond donors (Lipinski definition) is 2. The van der Waals surface area contributed by atoms with Crippen LogP contribution in [0.5, 0.6) is 0 Å². The molecule has 0 aliphatic carbocycles. The molecular formula is C28H19N3O5. The van der Waals surface area contributed by atoms with E-state index in [1.807, 2.05) is 48.5 Å². The lowest BCUT2D eigenvalue weighted by molar-refractivity contribution is -0.384. The molecule has 6 aromatic rings. The highest BCUT2D eigenvalue weighted by Gasteiger charge is 2.29. The first-order valence-electron chi connectivity index (χ1n) is 11.4. The first-order valence-corrected chi connectivity index (χ1v) is 11.4. The summed E-state index contributed by atoms with van der Waals surface area (Å²) in [6.45, 7) is 1.95. The van der Waals surface area contributed by atoms with Crippen molar-refractivity contribution < 1.29 is 19.2 Å². The molecular weight excluding hydrogens is 458 g/mol. The Labute approximate surface area is 203 Å². The van der Waals surface area contributed by atoms with Crippen molar-refractivity contribution in [1.29, 1.82) is 0 Å². The van der Waals surface area contributed by atoms with Crippen LogP contribution >= 0.6 is 0 Å². The first kappa shape index (κ1) is 21.5. The Balaban J connectivity index is 1.80. The summed E-state index contributed by atoms with van der Waals surface area (Å²) in [5.41, 5.74) is 3.49. The van der Waals surface area contributed by atoms with Gasteiger partial charge in [0.15, 0.2) is 5.78 Å². The number of non-ortho nitro benzene ring substituents is 1. The quantitative estimate of drug-likeness (QED) is 0.131. The summed E-state index contributed by atoms with van der Waals surface area (Å²) in [7, 11) is 0. The maximum atomic E-state index is 14.1. The third-order valence-corrected chi connectivity index (χ3v) is 6.46. The molecule has 0 saturated heterocycles. The van der Waals surface area contributed by atoms with Crippen molar-refractivity contribution >= 4 is 61.1 Å². The molecule has 0 saturated carbocycles. The van der Waals surface area contributed by atoms with Crippen LogP contribution in [0.1, 0.15) is 33.2 Å². The summed E-state index contributed by atoms with van der Waals surface area (Å²) in [6, 6.07) is 20.6. The molecule has 176 valence electrons. The number of aromatic amines is 2. The van der Waals surface area contributed by atoms with Gasteiger partial charge in [0.05, 0.1) is 22.6 Å². The minimum atomic E-state index is -0.502. The zero-order valence-corrected chi connectivity index (χ0v) is 19.1. The predicted octanol–water partition coefficient (Wildman–Crippen LogP) is 6.27. The summed E-state index contributed by atoms with van der Waals surface area (Å²) in [4.78, 5) is 44.7. The fourth-order valence-corrected chi connectivity index (χ4v) is 4.94. The molecule has 0 atom stereocenters. The van der Waals surface area contributed by atoms with E-state index in [2.05, 4.69) is 9.97 Å². The van der Waals surface area contributed by atoms with Crippen molar-refractivity contribution in [2.45, 2.75) is 6.92 Å². The van der Waals surface area contributed by atoms with Crippen molar-refractivity contribution in [3.63, 3.8) is 0 Å². The number of aromatic nitrogens is 2. The van der Waals surface area contributed by atoms with E-state index >= 15 is 0 Å². The number of fused-ring (bicyclic) bond motifs is 6. The van der Waals surface area contributed by atoms with Gasteiger partial charge < -0.3 is 14.7 Å². The summed E-state index contributed by atoms with van der Waals surface area (Å²) in [5, 5.41) is 13.9. The van der Waals surface area contributed by atoms with Crippen molar-refractivity contribution in [2.75, 3.05) is 6.61 Å². The molecule has 2 N–H and O–H groups in total. The van der Waals surface area contributed by atoms with Gasteiger partial charge in [0.1, 0.15) is 5.56 Å². The number of ether oxygens (including phenoxy) is 1. The fourth-order valence-electron chi connectivity index (χ4n) is 4.94. The van der Waals surface area contributed by atoms with Crippen molar-refractivity contribution in [3.05, 3.63) is 99.6 Å². The van der Waals surface area contributed by atoms with Gasteiger partial charge >= 0.3 is 5.97 Å². The van der Waals surface area contributed by atoms with E-state index in [1.54, 1.807) is 6.92 Å². The molecule has 0 unspecified atom stereocenters. The maximum absolute atomic E-state index is 14.1. The summed E-state index contributed by atoms with van der Waals surface area (Å²) >= 11 is 0. The second kappa shape index (κ2) is 8.06. The van der Waals surface area contributed by atoms with Crippen molar-refractivity contribution in [2.24, 2.45) is 0 Å². The van der Waals surface area contributed by atoms with Gasteiger partial charge in [0.25, 0.3) is 5.69 Å². The monoisotopic (exact) mass is 477 g/mol. The normalized spacial score (nSPS) is 11.5. The van der Waals surface area contributed by atoms with Gasteiger partial charge in [-0.15, -0.1) is 0 Å². The van der Waals surface area contributed by atoms with E-state index in [-0.39, 0.29) is 18.1 Å². The number of H-pyrrole nitrogens is 2. The van der Waals surface area contributed by atoms with Crippen molar-refractivity contribution in [3.8, 4) is 0 Å². The maximum Gasteiger partial charge on any atom is 0.342 e. The minimum absolute atomic E-state index is 0.0984. The van der Waals surface area contributed by atoms with E-state index in [4.69, 9.17) is 4.74 Å². The number of carbonyl (C=O) groups is 2. The topological polar surface area (TPSA) is 118 Å². The third kappa shape index (κ3) is 3.08. The lowest BCUT2D eigenvalue weighted by atomic mass is 9.91. The molecule has 0 fully saturated rings. The Kier molecular flexibility index (Phi) is 4.82. The van der Waals surface area contributed by atoms with E-state index in [1.165, 1.54) is 24.3 Å². The Hall–Kier alpha value is -4.98. The van der Waals surface area contributed by atoms with Gasteiger partial charge in [-0.2, -0.15) is 0 Å². The van der Waals surface area contributed by atoms with Gasteiger partial charge in [-0.3, -0.25) is 14.9 Å². The van der Waals surface area contributed by atoms with Gasteiger partial charge in [0.2, 0.25) is 0 Å². The highest BCUT2D eigenvalue weighted by Crippen LogP contribution is 2.41. The molecule has 6 rings (SSSR count). The smallest absolute Gasteiger partial charge is 0.342 e. The number of carbonyl (C=O) groups excluding carboxylic acids is 2. The predicted molar refractivity (Wildman–Crippen MR) is 138 cm³/mol. The second-order valence-electron chi connectivity index (χ2n) is 8.44. The second-order valence-corrected chi connectivity index (χ2v) is 8.44. The molecule has 0 spiro atoms. The number of hydrogen-bond acceptors (Lipinski definition) is 5. The molecule has 8 nitrogen and oxygen atoms in total. The Morgan fingerprint density at radius 2 is 1.33 bits per heavy atom. The molecule has 0 radical (unpaired) electrons. The number of nitrogens with zero attached hydrogens (tertiary/aromatic N) is 1. The third-order valence-electron chi connectivity index (χ3n) is 6.46. The van der Waals surface area contributed by atoms with Crippen LogP contribution < -0.4 is 0 Å². The van der Waals surface area contributed by atoms with E-state index in [0.29, 0.717) is 38.5 Å². The molecule has 0 bridgehead atoms. The van der Waals surface area contributed by atoms with Crippen LogP contribution in [0.4, 0.5) is 5.69 Å². The number of nitro benzene ring substituents is 1. The molecule has 4 aromatic carbocycles. The lowest BCUT2D eigenvalue weighted by Crippen LogP contribution is -2.10. The average Bonchev–Trinajstić information content (AvgIpc) is 3.45. The van der Waals surface area contributed by atoms with Crippen molar-refractivity contribution in [1.82, 2.24) is 9.97 Å². The molecule has 2 heterocycles. The Bertz CT molecular complexity index is 1770. The number of esters is 1. The van der Waals surface area contributed by atoms with E-state index in [0.717, 1.165) is 21.8 Å². The van der Waals surface area contributed by atoms with Crippen LogP contribution in [0.15, 0.2) is 72.8 Å². The number of rotatable bonds is 5. The molecule has 0 aliphatic heterocycles. The summed E-state index contributed by atoms with van der Waals surface area (Å²) < 4.78 is 5.43. The number of benzene rings is 4. The van der Waals surface area contributed by atoms with Crippen LogP contribution in [0, 0.1) is 10.1 Å².